The first-order valence-electron chi connectivity index (χ1n) is 8.35. The summed E-state index contributed by atoms with van der Waals surface area (Å²) in [4.78, 5) is 4.51. The lowest BCUT2D eigenvalue weighted by atomic mass is 10.1. The van der Waals surface area contributed by atoms with E-state index in [2.05, 4.69) is 36.1 Å². The molecule has 0 fully saturated rings. The van der Waals surface area contributed by atoms with E-state index in [0.717, 1.165) is 11.1 Å². The van der Waals surface area contributed by atoms with Gasteiger partial charge in [-0.3, -0.25) is 0 Å². The van der Waals surface area contributed by atoms with Gasteiger partial charge in [0.05, 0.1) is 11.3 Å². The summed E-state index contributed by atoms with van der Waals surface area (Å²) in [6.07, 6.45) is 1.50. The maximum atomic E-state index is 9.29. The summed E-state index contributed by atoms with van der Waals surface area (Å²) in [5.74, 6) is 1.08. The van der Waals surface area contributed by atoms with Gasteiger partial charge in [-0.05, 0) is 30.3 Å². The van der Waals surface area contributed by atoms with Crippen LogP contribution in [-0.4, -0.2) is 30.8 Å². The van der Waals surface area contributed by atoms with E-state index in [9.17, 15) is 5.26 Å². The van der Waals surface area contributed by atoms with Crippen molar-refractivity contribution in [2.24, 2.45) is 0 Å². The van der Waals surface area contributed by atoms with Crippen molar-refractivity contribution in [1.29, 1.82) is 5.26 Å². The monoisotopic (exact) mass is 370 g/mol. The summed E-state index contributed by atoms with van der Waals surface area (Å²) in [6.45, 7) is 2.01. The maximum Gasteiger partial charge on any atom is 0.260 e. The Balaban J connectivity index is 1.65. The summed E-state index contributed by atoms with van der Waals surface area (Å²) < 4.78 is 5.46. The number of tetrazole rings is 1. The quantitative estimate of drug-likeness (QED) is 0.512. The number of nitrogens with one attached hydrogen (secondary N) is 2. The molecule has 0 amide bonds. The number of para-hydroxylation sites is 1. The number of H-pyrrole nitrogens is 1. The zero-order valence-electron chi connectivity index (χ0n) is 14.8. The van der Waals surface area contributed by atoms with E-state index >= 15 is 0 Å². The van der Waals surface area contributed by atoms with Crippen LogP contribution in [0.25, 0.3) is 28.4 Å². The Morgan fingerprint density at radius 3 is 2.89 bits per heavy atom. The van der Waals surface area contributed by atoms with Crippen LogP contribution < -0.4 is 5.32 Å². The van der Waals surface area contributed by atoms with E-state index in [4.69, 9.17) is 4.52 Å². The number of aromatic amines is 1. The second kappa shape index (κ2) is 7.51. The van der Waals surface area contributed by atoms with Crippen molar-refractivity contribution in [2.45, 2.75) is 6.92 Å². The molecule has 2 aromatic heterocycles. The molecule has 0 aliphatic rings. The van der Waals surface area contributed by atoms with Gasteiger partial charge in [0.25, 0.3) is 5.89 Å². The van der Waals surface area contributed by atoms with Gasteiger partial charge in [-0.2, -0.15) is 15.5 Å². The minimum Gasteiger partial charge on any atom is -0.360 e. The summed E-state index contributed by atoms with van der Waals surface area (Å²) >= 11 is 0. The molecule has 0 saturated carbocycles. The van der Waals surface area contributed by atoms with E-state index < -0.39 is 0 Å². The molecule has 0 bridgehead atoms. The average Bonchev–Trinajstić information content (AvgIpc) is 3.41. The maximum absolute atomic E-state index is 9.29. The molecule has 0 spiro atoms. The Labute approximate surface area is 159 Å². The Morgan fingerprint density at radius 2 is 2.11 bits per heavy atom. The first kappa shape index (κ1) is 17.1. The third-order valence-electron chi connectivity index (χ3n) is 3.94. The topological polar surface area (TPSA) is 129 Å². The summed E-state index contributed by atoms with van der Waals surface area (Å²) in [6, 6.07) is 17.3. The second-order valence-corrected chi connectivity index (χ2v) is 5.89. The van der Waals surface area contributed by atoms with Crippen LogP contribution >= 0.6 is 0 Å². The van der Waals surface area contributed by atoms with Crippen molar-refractivity contribution in [3.63, 3.8) is 0 Å². The van der Waals surface area contributed by atoms with Crippen LogP contribution in [0.3, 0.4) is 0 Å². The molecule has 0 radical (unpaired) electrons. The van der Waals surface area contributed by atoms with Gasteiger partial charge in [-0.25, -0.2) is 0 Å². The van der Waals surface area contributed by atoms with Crippen LogP contribution in [0, 0.1) is 18.3 Å². The van der Waals surface area contributed by atoms with E-state index in [1.165, 1.54) is 6.20 Å². The standard InChI is InChI=1S/C19H14N8O/c1-12-5-4-6-13(9-12)17-22-19(28-25-17)15-7-2-3-8-16(15)21-11-14(10-20)18-23-26-27-24-18/h2-9,11,21H,1H3,(H,23,24,26,27). The van der Waals surface area contributed by atoms with Crippen molar-refractivity contribution >= 4 is 11.3 Å². The Bertz CT molecular complexity index is 1170. The lowest BCUT2D eigenvalue weighted by molar-refractivity contribution is 0.432. The number of anilines is 1. The molecule has 2 N–H and O–H groups in total. The molecule has 2 heterocycles. The van der Waals surface area contributed by atoms with Crippen molar-refractivity contribution < 1.29 is 4.52 Å². The molecule has 0 saturated heterocycles. The largest absolute Gasteiger partial charge is 0.360 e. The third kappa shape index (κ3) is 3.47. The Hall–Kier alpha value is -4.32. The van der Waals surface area contributed by atoms with Crippen LogP contribution in [0.5, 0.6) is 0 Å². The van der Waals surface area contributed by atoms with Gasteiger partial charge in [0, 0.05) is 11.8 Å². The molecular formula is C19H14N8O. The Kier molecular flexibility index (Phi) is 4.59. The van der Waals surface area contributed by atoms with Crippen molar-refractivity contribution in [3.8, 4) is 28.9 Å². The van der Waals surface area contributed by atoms with Crippen LogP contribution in [0.15, 0.2) is 59.3 Å². The third-order valence-corrected chi connectivity index (χ3v) is 3.94. The van der Waals surface area contributed by atoms with Crippen molar-refractivity contribution in [3.05, 3.63) is 66.1 Å². The zero-order chi connectivity index (χ0) is 19.3. The number of hydrogen-bond donors (Lipinski definition) is 2. The highest BCUT2D eigenvalue weighted by Crippen LogP contribution is 2.29. The van der Waals surface area contributed by atoms with E-state index in [0.29, 0.717) is 23.0 Å². The lowest BCUT2D eigenvalue weighted by Gasteiger charge is -2.05. The van der Waals surface area contributed by atoms with Gasteiger partial charge < -0.3 is 9.84 Å². The molecule has 0 aliphatic carbocycles. The van der Waals surface area contributed by atoms with Crippen LogP contribution in [0.1, 0.15) is 11.4 Å². The van der Waals surface area contributed by atoms with E-state index in [-0.39, 0.29) is 11.4 Å². The van der Waals surface area contributed by atoms with Gasteiger partial charge in [-0.1, -0.05) is 41.1 Å². The number of aromatic nitrogens is 6. The minimum absolute atomic E-state index is 0.201. The highest BCUT2D eigenvalue weighted by molar-refractivity contribution is 5.78. The van der Waals surface area contributed by atoms with Gasteiger partial charge in [0.1, 0.15) is 11.6 Å². The number of nitriles is 1. The summed E-state index contributed by atoms with van der Waals surface area (Å²) in [5.41, 5.74) is 3.62. The minimum atomic E-state index is 0.201. The molecule has 0 aliphatic heterocycles. The fraction of sp³-hybridized carbons (Fsp3) is 0.0526. The molecular weight excluding hydrogens is 356 g/mol. The molecule has 2 aromatic carbocycles. The van der Waals surface area contributed by atoms with Crippen LogP contribution in [0.4, 0.5) is 5.69 Å². The van der Waals surface area contributed by atoms with Gasteiger partial charge in [0.15, 0.2) is 0 Å². The first-order valence-corrected chi connectivity index (χ1v) is 8.35. The number of aryl methyl sites for hydroxylation is 1. The predicted octanol–water partition coefficient (Wildman–Crippen LogP) is 3.20. The number of hydrogen-bond acceptors (Lipinski definition) is 8. The zero-order valence-corrected chi connectivity index (χ0v) is 14.8. The lowest BCUT2D eigenvalue weighted by Crippen LogP contribution is -1.95. The van der Waals surface area contributed by atoms with Crippen molar-refractivity contribution in [2.75, 3.05) is 5.32 Å². The molecule has 4 rings (SSSR count). The van der Waals surface area contributed by atoms with Gasteiger partial charge >= 0.3 is 0 Å². The number of benzene rings is 2. The predicted molar refractivity (Wildman–Crippen MR) is 101 cm³/mol. The number of allylic oxidation sites excluding steroid dienone is 1. The number of nitrogens with zero attached hydrogens (tertiary/aromatic N) is 6. The molecule has 9 nitrogen and oxygen atoms in total. The molecule has 136 valence electrons. The molecule has 4 aromatic rings. The fourth-order valence-electron chi connectivity index (χ4n) is 2.60. The smallest absolute Gasteiger partial charge is 0.260 e. The molecule has 9 heteroatoms. The summed E-state index contributed by atoms with van der Waals surface area (Å²) in [5, 5.41) is 29.8. The second-order valence-electron chi connectivity index (χ2n) is 5.89. The van der Waals surface area contributed by atoms with Crippen LogP contribution in [-0.2, 0) is 0 Å². The Morgan fingerprint density at radius 1 is 1.21 bits per heavy atom. The average molecular weight is 370 g/mol. The fourth-order valence-corrected chi connectivity index (χ4v) is 2.60. The van der Waals surface area contributed by atoms with Gasteiger partial charge in [-0.15, -0.1) is 10.2 Å². The highest BCUT2D eigenvalue weighted by atomic mass is 16.5. The SMILES string of the molecule is Cc1cccc(-c2noc(-c3ccccc3NC=C(C#N)c3nn[nH]n3)n2)c1. The van der Waals surface area contributed by atoms with E-state index in [1.54, 1.807) is 0 Å². The van der Waals surface area contributed by atoms with Crippen molar-refractivity contribution in [1.82, 2.24) is 30.8 Å². The number of rotatable bonds is 5. The first-order chi connectivity index (χ1) is 13.7. The highest BCUT2D eigenvalue weighted by Gasteiger charge is 2.14. The normalized spacial score (nSPS) is 11.2. The van der Waals surface area contributed by atoms with Gasteiger partial charge in [0.2, 0.25) is 11.6 Å². The van der Waals surface area contributed by atoms with E-state index in [1.807, 2.05) is 61.5 Å². The molecule has 28 heavy (non-hydrogen) atoms. The van der Waals surface area contributed by atoms with Crippen LogP contribution in [0.2, 0.25) is 0 Å². The molecule has 0 unspecified atom stereocenters. The molecule has 0 atom stereocenters. The summed E-state index contributed by atoms with van der Waals surface area (Å²) in [7, 11) is 0.